The van der Waals surface area contributed by atoms with Gasteiger partial charge < -0.3 is 10.6 Å². The fourth-order valence-electron chi connectivity index (χ4n) is 2.36. The van der Waals surface area contributed by atoms with E-state index in [-0.39, 0.29) is 5.91 Å². The van der Waals surface area contributed by atoms with Crippen LogP contribution in [-0.2, 0) is 6.54 Å². The molecule has 1 amide bonds. The number of amides is 1. The number of anilines is 2. The Labute approximate surface area is 106 Å². The number of hydrogen-bond donors (Lipinski definition) is 1. The second-order valence-electron chi connectivity index (χ2n) is 4.60. The van der Waals surface area contributed by atoms with Crippen LogP contribution in [0.3, 0.4) is 0 Å². The van der Waals surface area contributed by atoms with Gasteiger partial charge in [0.15, 0.2) is 0 Å². The van der Waals surface area contributed by atoms with E-state index in [1.54, 1.807) is 4.90 Å². The maximum atomic E-state index is 12.3. The van der Waals surface area contributed by atoms with Crippen LogP contribution >= 0.6 is 0 Å². The van der Waals surface area contributed by atoms with E-state index in [9.17, 15) is 4.79 Å². The first kappa shape index (κ1) is 10.8. The highest BCUT2D eigenvalue weighted by molar-refractivity contribution is 6.11. The Hall–Kier alpha value is -2.29. The van der Waals surface area contributed by atoms with Crippen LogP contribution in [0.2, 0.25) is 0 Å². The summed E-state index contributed by atoms with van der Waals surface area (Å²) in [5.74, 6) is 0.0305. The third kappa shape index (κ3) is 1.56. The number of nitrogen functional groups attached to an aromatic ring is 1. The van der Waals surface area contributed by atoms with Crippen LogP contribution in [0.4, 0.5) is 11.4 Å². The van der Waals surface area contributed by atoms with Gasteiger partial charge >= 0.3 is 0 Å². The molecule has 0 saturated carbocycles. The Morgan fingerprint density at radius 3 is 2.67 bits per heavy atom. The van der Waals surface area contributed by atoms with Crippen molar-refractivity contribution < 1.29 is 4.79 Å². The standard InChI is InChI=1S/C15H14N2O/c1-10-4-2-5-11(8-10)17-9-13-12(15(17)18)6-3-7-14(13)16/h2-8H,9,16H2,1H3. The summed E-state index contributed by atoms with van der Waals surface area (Å²) in [7, 11) is 0. The number of benzene rings is 2. The molecule has 1 aliphatic rings. The van der Waals surface area contributed by atoms with Crippen molar-refractivity contribution in [2.75, 3.05) is 10.6 Å². The van der Waals surface area contributed by atoms with Crippen LogP contribution in [0.5, 0.6) is 0 Å². The largest absolute Gasteiger partial charge is 0.398 e. The quantitative estimate of drug-likeness (QED) is 0.776. The average molecular weight is 238 g/mol. The predicted molar refractivity (Wildman–Crippen MR) is 72.5 cm³/mol. The number of nitrogens with zero attached hydrogens (tertiary/aromatic N) is 1. The van der Waals surface area contributed by atoms with E-state index < -0.39 is 0 Å². The number of fused-ring (bicyclic) bond motifs is 1. The maximum Gasteiger partial charge on any atom is 0.259 e. The summed E-state index contributed by atoms with van der Waals surface area (Å²) in [4.78, 5) is 14.1. The molecule has 3 heteroatoms. The number of aryl methyl sites for hydroxylation is 1. The minimum absolute atomic E-state index is 0.0305. The van der Waals surface area contributed by atoms with Gasteiger partial charge in [-0.15, -0.1) is 0 Å². The van der Waals surface area contributed by atoms with E-state index in [2.05, 4.69) is 0 Å². The number of carbonyl (C=O) groups is 1. The number of carbonyl (C=O) groups excluding carboxylic acids is 1. The van der Waals surface area contributed by atoms with Crippen molar-refractivity contribution in [3.8, 4) is 0 Å². The fourth-order valence-corrected chi connectivity index (χ4v) is 2.36. The van der Waals surface area contributed by atoms with E-state index in [0.29, 0.717) is 12.2 Å². The average Bonchev–Trinajstić information content (AvgIpc) is 2.69. The summed E-state index contributed by atoms with van der Waals surface area (Å²) >= 11 is 0. The predicted octanol–water partition coefficient (Wildman–Crippen LogP) is 2.74. The minimum atomic E-state index is 0.0305. The van der Waals surface area contributed by atoms with Gasteiger partial charge in [-0.2, -0.15) is 0 Å². The van der Waals surface area contributed by atoms with Crippen LogP contribution in [-0.4, -0.2) is 5.91 Å². The summed E-state index contributed by atoms with van der Waals surface area (Å²) in [6.07, 6.45) is 0. The molecule has 90 valence electrons. The molecule has 0 unspecified atom stereocenters. The SMILES string of the molecule is Cc1cccc(N2Cc3c(N)cccc3C2=O)c1. The molecule has 2 aromatic rings. The van der Waals surface area contributed by atoms with Crippen LogP contribution < -0.4 is 10.6 Å². The van der Waals surface area contributed by atoms with E-state index in [1.165, 1.54) is 0 Å². The number of rotatable bonds is 1. The van der Waals surface area contributed by atoms with Crippen molar-refractivity contribution in [2.24, 2.45) is 0 Å². The molecule has 0 aliphatic carbocycles. The Bertz CT molecular complexity index is 634. The zero-order chi connectivity index (χ0) is 12.7. The van der Waals surface area contributed by atoms with Crippen molar-refractivity contribution in [1.29, 1.82) is 0 Å². The van der Waals surface area contributed by atoms with Crippen LogP contribution in [0.1, 0.15) is 21.5 Å². The smallest absolute Gasteiger partial charge is 0.259 e. The topological polar surface area (TPSA) is 46.3 Å². The third-order valence-electron chi connectivity index (χ3n) is 3.32. The molecule has 2 N–H and O–H groups in total. The Kier molecular flexibility index (Phi) is 2.33. The summed E-state index contributed by atoms with van der Waals surface area (Å²) in [6, 6.07) is 13.4. The van der Waals surface area contributed by atoms with Gasteiger partial charge in [0.05, 0.1) is 6.54 Å². The van der Waals surface area contributed by atoms with Gasteiger partial charge in [0.1, 0.15) is 0 Å². The zero-order valence-electron chi connectivity index (χ0n) is 10.2. The first-order valence-electron chi connectivity index (χ1n) is 5.93. The normalized spacial score (nSPS) is 13.8. The Balaban J connectivity index is 2.05. The molecule has 3 rings (SSSR count). The lowest BCUT2D eigenvalue weighted by Gasteiger charge is -2.16. The molecule has 0 atom stereocenters. The third-order valence-corrected chi connectivity index (χ3v) is 3.32. The van der Waals surface area contributed by atoms with Gasteiger partial charge in [0.2, 0.25) is 0 Å². The van der Waals surface area contributed by atoms with Gasteiger partial charge in [0, 0.05) is 22.5 Å². The molecule has 0 radical (unpaired) electrons. The van der Waals surface area contributed by atoms with Crippen LogP contribution in [0, 0.1) is 6.92 Å². The first-order chi connectivity index (χ1) is 8.66. The molecular weight excluding hydrogens is 224 g/mol. The van der Waals surface area contributed by atoms with Crippen molar-refractivity contribution in [2.45, 2.75) is 13.5 Å². The lowest BCUT2D eigenvalue weighted by Crippen LogP contribution is -2.22. The van der Waals surface area contributed by atoms with Gasteiger partial charge in [-0.25, -0.2) is 0 Å². The highest BCUT2D eigenvalue weighted by Gasteiger charge is 2.29. The maximum absolute atomic E-state index is 12.3. The van der Waals surface area contributed by atoms with Crippen molar-refractivity contribution >= 4 is 17.3 Å². The summed E-state index contributed by atoms with van der Waals surface area (Å²) < 4.78 is 0. The number of hydrogen-bond acceptors (Lipinski definition) is 2. The van der Waals surface area contributed by atoms with Crippen molar-refractivity contribution in [3.05, 3.63) is 59.2 Å². The lowest BCUT2D eigenvalue weighted by atomic mass is 10.1. The van der Waals surface area contributed by atoms with Crippen LogP contribution in [0.25, 0.3) is 0 Å². The summed E-state index contributed by atoms with van der Waals surface area (Å²) in [5, 5.41) is 0. The highest BCUT2D eigenvalue weighted by Crippen LogP contribution is 2.31. The molecule has 1 aliphatic heterocycles. The van der Waals surface area contributed by atoms with E-state index in [0.717, 1.165) is 22.4 Å². The first-order valence-corrected chi connectivity index (χ1v) is 5.93. The highest BCUT2D eigenvalue weighted by atomic mass is 16.2. The van der Waals surface area contributed by atoms with Crippen molar-refractivity contribution in [3.63, 3.8) is 0 Å². The number of nitrogens with two attached hydrogens (primary N) is 1. The van der Waals surface area contributed by atoms with E-state index in [1.807, 2.05) is 49.4 Å². The van der Waals surface area contributed by atoms with Crippen molar-refractivity contribution in [1.82, 2.24) is 0 Å². The van der Waals surface area contributed by atoms with Gasteiger partial charge in [0.25, 0.3) is 5.91 Å². The summed E-state index contributed by atoms with van der Waals surface area (Å²) in [5.41, 5.74) is 10.3. The lowest BCUT2D eigenvalue weighted by molar-refractivity contribution is 0.0996. The molecule has 3 nitrogen and oxygen atoms in total. The second kappa shape index (κ2) is 3.88. The summed E-state index contributed by atoms with van der Waals surface area (Å²) in [6.45, 7) is 2.58. The monoisotopic (exact) mass is 238 g/mol. The molecule has 0 spiro atoms. The molecule has 18 heavy (non-hydrogen) atoms. The minimum Gasteiger partial charge on any atom is -0.398 e. The zero-order valence-corrected chi connectivity index (χ0v) is 10.2. The van der Waals surface area contributed by atoms with Crippen LogP contribution in [0.15, 0.2) is 42.5 Å². The van der Waals surface area contributed by atoms with Gasteiger partial charge in [-0.1, -0.05) is 18.2 Å². The molecule has 2 aromatic carbocycles. The fraction of sp³-hybridized carbons (Fsp3) is 0.133. The second-order valence-corrected chi connectivity index (χ2v) is 4.60. The van der Waals surface area contributed by atoms with E-state index in [4.69, 9.17) is 5.73 Å². The Morgan fingerprint density at radius 2 is 1.94 bits per heavy atom. The van der Waals surface area contributed by atoms with Gasteiger partial charge in [-0.05, 0) is 36.8 Å². The molecule has 0 aromatic heterocycles. The molecule has 1 heterocycles. The Morgan fingerprint density at radius 1 is 1.17 bits per heavy atom. The molecule has 0 fully saturated rings. The molecular formula is C15H14N2O. The van der Waals surface area contributed by atoms with Gasteiger partial charge in [-0.3, -0.25) is 4.79 Å². The van der Waals surface area contributed by atoms with E-state index >= 15 is 0 Å². The molecule has 0 bridgehead atoms. The molecule has 0 saturated heterocycles.